The van der Waals surface area contributed by atoms with Gasteiger partial charge in [-0.1, -0.05) is 21.3 Å². The number of ether oxygens (including phenoxy) is 2. The van der Waals surface area contributed by atoms with Crippen molar-refractivity contribution in [3.05, 3.63) is 23.3 Å². The molecule has 2 heterocycles. The van der Waals surface area contributed by atoms with Crippen LogP contribution in [0.15, 0.2) is 12.1 Å². The molecular formula is C19H10B17NO3. The molecule has 0 aliphatic carbocycles. The van der Waals surface area contributed by atoms with Crippen molar-refractivity contribution in [2.75, 3.05) is 20.8 Å². The average molecular weight is 484 g/mol. The van der Waals surface area contributed by atoms with Crippen LogP contribution in [0.5, 0.6) is 11.5 Å². The summed E-state index contributed by atoms with van der Waals surface area (Å²) < 4.78 is 10.7. The highest BCUT2D eigenvalue weighted by Crippen LogP contribution is 2.77. The van der Waals surface area contributed by atoms with E-state index in [1.807, 2.05) is 0 Å². The van der Waals surface area contributed by atoms with Gasteiger partial charge in [-0.15, -0.1) is 15.5 Å². The van der Waals surface area contributed by atoms with Gasteiger partial charge in [0.1, 0.15) is 13.6 Å². The SMILES string of the molecule is [B]C([B])([B])C([B])(C([B])([B])[B])C([B])([B])C1([B])CN2C([B])([B])C([B])([B])c3cc(OC)c(OC)cc3C2([B])C([B])([B])C1=O. The molecule has 0 spiro atoms. The van der Waals surface area contributed by atoms with E-state index in [1.165, 1.54) is 26.4 Å². The van der Waals surface area contributed by atoms with Gasteiger partial charge in [-0.3, -0.25) is 0 Å². The first kappa shape index (κ1) is 34.0. The van der Waals surface area contributed by atoms with Gasteiger partial charge < -0.3 is 19.2 Å². The Morgan fingerprint density at radius 3 is 1.48 bits per heavy atom. The van der Waals surface area contributed by atoms with E-state index in [0.29, 0.717) is 0 Å². The molecule has 1 aromatic carbocycles. The molecule has 1 aromatic rings. The van der Waals surface area contributed by atoms with Crippen LogP contribution >= 0.6 is 0 Å². The van der Waals surface area contributed by atoms with Crippen LogP contribution in [0.2, 0.25) is 31.3 Å². The highest BCUT2D eigenvalue weighted by molar-refractivity contribution is 6.73. The van der Waals surface area contributed by atoms with Crippen LogP contribution in [-0.2, 0) is 15.4 Å². The Bertz CT molecular complexity index is 1210. The number of nitrogens with zero attached hydrogens (tertiary/aromatic N) is 1. The molecule has 2 aliphatic rings. The molecule has 21 heteroatoms. The van der Waals surface area contributed by atoms with Crippen molar-refractivity contribution in [1.29, 1.82) is 0 Å². The monoisotopic (exact) mass is 487 g/mol. The summed E-state index contributed by atoms with van der Waals surface area (Å²) in [5.41, 5.74) is -2.35. The summed E-state index contributed by atoms with van der Waals surface area (Å²) in [4.78, 5) is 15.2. The average Bonchev–Trinajstić information content (AvgIpc) is 2.81. The molecule has 0 aromatic heterocycles. The molecule has 2 atom stereocenters. The van der Waals surface area contributed by atoms with Crippen LogP contribution in [-0.4, -0.2) is 170 Å². The van der Waals surface area contributed by atoms with Gasteiger partial charge in [0.2, 0.25) is 0 Å². The fraction of sp³-hybridized carbons (Fsp3) is 0.632. The number of benzene rings is 1. The van der Waals surface area contributed by atoms with E-state index < -0.39 is 59.6 Å². The van der Waals surface area contributed by atoms with Gasteiger partial charge in [0, 0.05) is 12.0 Å². The molecule has 4 nitrogen and oxygen atoms in total. The lowest BCUT2D eigenvalue weighted by atomic mass is 9.04. The van der Waals surface area contributed by atoms with Crippen molar-refractivity contribution >= 4 is 139 Å². The maximum Gasteiger partial charge on any atom is 0.161 e. The predicted octanol–water partition coefficient (Wildman–Crippen LogP) is -4.88. The molecule has 0 bridgehead atoms. The van der Waals surface area contributed by atoms with E-state index >= 15 is 0 Å². The minimum atomic E-state index is -2.93. The van der Waals surface area contributed by atoms with Crippen molar-refractivity contribution in [1.82, 2.24) is 4.90 Å². The molecule has 1 saturated heterocycles. The zero-order chi connectivity index (χ0) is 31.5. The molecule has 2 aliphatic heterocycles. The van der Waals surface area contributed by atoms with E-state index in [2.05, 4.69) is 0 Å². The smallest absolute Gasteiger partial charge is 0.161 e. The van der Waals surface area contributed by atoms with Crippen LogP contribution < -0.4 is 9.47 Å². The number of carbonyl (C=O) groups excluding carboxylic acids is 1. The lowest BCUT2D eigenvalue weighted by Gasteiger charge is -2.77. The molecule has 160 valence electrons. The molecule has 0 amide bonds. The summed E-state index contributed by atoms with van der Waals surface area (Å²) >= 11 is 0. The van der Waals surface area contributed by atoms with E-state index in [-0.39, 0.29) is 22.6 Å². The van der Waals surface area contributed by atoms with Gasteiger partial charge in [0.15, 0.2) is 11.5 Å². The van der Waals surface area contributed by atoms with Crippen LogP contribution in [0.3, 0.4) is 0 Å². The summed E-state index contributed by atoms with van der Waals surface area (Å²) in [5.74, 6) is -1.01. The molecule has 40 heavy (non-hydrogen) atoms. The van der Waals surface area contributed by atoms with E-state index in [0.717, 1.165) is 4.90 Å². The zero-order valence-electron chi connectivity index (χ0n) is 22.3. The molecule has 0 N–H and O–H groups in total. The highest BCUT2D eigenvalue weighted by atomic mass is 16.5. The number of ketones is 1. The number of fused-ring (bicyclic) bond motifs is 3. The fourth-order valence-electron chi connectivity index (χ4n) is 5.74. The Kier molecular flexibility index (Phi) is 7.90. The predicted molar refractivity (Wildman–Crippen MR) is 171 cm³/mol. The lowest BCUT2D eigenvalue weighted by Crippen LogP contribution is -2.81. The Labute approximate surface area is 260 Å². The topological polar surface area (TPSA) is 38.8 Å². The third kappa shape index (κ3) is 3.82. The Balaban J connectivity index is 2.46. The first-order valence-corrected chi connectivity index (χ1v) is 11.6. The molecular weight excluding hydrogens is 474 g/mol. The third-order valence-electron chi connectivity index (χ3n) is 8.49. The maximum atomic E-state index is 14.3. The quantitative estimate of drug-likeness (QED) is 0.380. The van der Waals surface area contributed by atoms with Crippen molar-refractivity contribution < 1.29 is 14.3 Å². The van der Waals surface area contributed by atoms with Gasteiger partial charge in [-0.25, -0.2) is 0 Å². The second-order valence-corrected chi connectivity index (χ2v) is 11.0. The van der Waals surface area contributed by atoms with E-state index in [4.69, 9.17) is 143 Å². The van der Waals surface area contributed by atoms with Crippen LogP contribution in [0.4, 0.5) is 0 Å². The molecule has 0 saturated carbocycles. The summed E-state index contributed by atoms with van der Waals surface area (Å²) in [6, 6.07) is 2.70. The summed E-state index contributed by atoms with van der Waals surface area (Å²) in [7, 11) is 110. The number of hydrogen-bond donors (Lipinski definition) is 0. The Morgan fingerprint density at radius 2 is 1.10 bits per heavy atom. The number of Topliss-reactive ketones (excluding diaryl/α,β-unsaturated/α-hetero) is 1. The van der Waals surface area contributed by atoms with E-state index in [9.17, 15) is 4.79 Å². The van der Waals surface area contributed by atoms with Gasteiger partial charge in [-0.2, -0.15) is 0 Å². The second-order valence-electron chi connectivity index (χ2n) is 11.0. The normalized spacial score (nSPS) is 28.1. The minimum Gasteiger partial charge on any atom is -0.493 e. The second kappa shape index (κ2) is 9.28. The summed E-state index contributed by atoms with van der Waals surface area (Å²) in [5, 5.41) is -21.3. The number of rotatable bonds is 6. The van der Waals surface area contributed by atoms with Crippen molar-refractivity contribution in [3.63, 3.8) is 0 Å². The van der Waals surface area contributed by atoms with Crippen molar-refractivity contribution in [2.45, 2.75) is 47.3 Å². The molecule has 2 unspecified atom stereocenters. The number of piperidine rings is 1. The van der Waals surface area contributed by atoms with Crippen LogP contribution in [0.25, 0.3) is 0 Å². The van der Waals surface area contributed by atoms with Gasteiger partial charge in [0.05, 0.1) is 140 Å². The van der Waals surface area contributed by atoms with Crippen molar-refractivity contribution in [3.8, 4) is 11.5 Å². The van der Waals surface area contributed by atoms with Crippen LogP contribution in [0, 0.1) is 0 Å². The summed E-state index contributed by atoms with van der Waals surface area (Å²) in [6.07, 6.45) is 0. The first-order chi connectivity index (χ1) is 17.6. The van der Waals surface area contributed by atoms with E-state index in [1.54, 1.807) is 0 Å². The Hall–Kier alpha value is -0.446. The third-order valence-corrected chi connectivity index (χ3v) is 8.49. The number of methoxy groups -OCH3 is 2. The summed E-state index contributed by atoms with van der Waals surface area (Å²) in [6.45, 7) is -0.895. The first-order valence-electron chi connectivity index (χ1n) is 11.6. The Morgan fingerprint density at radius 1 is 0.700 bits per heavy atom. The van der Waals surface area contributed by atoms with Crippen molar-refractivity contribution in [2.24, 2.45) is 0 Å². The maximum absolute atomic E-state index is 14.3. The lowest BCUT2D eigenvalue weighted by molar-refractivity contribution is -0.133. The minimum absolute atomic E-state index is 0.00112. The number of hydrogen-bond acceptors (Lipinski definition) is 4. The number of carbonyl (C=O) groups is 1. The molecule has 3 rings (SSSR count). The zero-order valence-corrected chi connectivity index (χ0v) is 22.3. The highest BCUT2D eigenvalue weighted by Gasteiger charge is 2.70. The largest absolute Gasteiger partial charge is 0.493 e. The fourth-order valence-corrected chi connectivity index (χ4v) is 5.74. The molecule has 1 fully saturated rings. The van der Waals surface area contributed by atoms with Gasteiger partial charge in [0.25, 0.3) is 0 Å². The van der Waals surface area contributed by atoms with Gasteiger partial charge >= 0.3 is 0 Å². The van der Waals surface area contributed by atoms with Crippen LogP contribution in [0.1, 0.15) is 11.1 Å². The standard InChI is InChI=1S/C19H10B17NO3/c1-39-8-3-6-7(4-9(8)40-2)14(25)13(23,24)10(38)11(20,5-37(14)19(35,36)12(6,21)22)16(27,28)15(26,17(29,30)31)18(32,33)34/h3-4H,5H2,1-2H3. The van der Waals surface area contributed by atoms with Gasteiger partial charge in [-0.05, 0) is 28.2 Å². The molecule has 34 radical (unpaired) electrons.